The van der Waals surface area contributed by atoms with Crippen molar-refractivity contribution in [2.75, 3.05) is 19.0 Å². The molecule has 25 heavy (non-hydrogen) atoms. The van der Waals surface area contributed by atoms with E-state index in [2.05, 4.69) is 25.1 Å². The van der Waals surface area contributed by atoms with E-state index < -0.39 is 5.97 Å². The van der Waals surface area contributed by atoms with Gasteiger partial charge < -0.3 is 20.3 Å². The summed E-state index contributed by atoms with van der Waals surface area (Å²) in [5, 5.41) is 26.9. The van der Waals surface area contributed by atoms with Crippen LogP contribution in [-0.2, 0) is 22.5 Å². The average molecular weight is 343 g/mol. The zero-order valence-electron chi connectivity index (χ0n) is 13.5. The minimum Gasteiger partial charge on any atom is -0.504 e. The number of nitrogens with zero attached hydrogens (tertiary/aromatic N) is 4. The normalized spacial score (nSPS) is 10.8. The van der Waals surface area contributed by atoms with Crippen LogP contribution in [0, 0.1) is 0 Å². The summed E-state index contributed by atoms with van der Waals surface area (Å²) in [7, 11) is 1.32. The van der Waals surface area contributed by atoms with Crippen LogP contribution < -0.4 is 5.32 Å². The summed E-state index contributed by atoms with van der Waals surface area (Å²) >= 11 is 0. The molecule has 0 atom stereocenters. The first-order chi connectivity index (χ1) is 12.1. The number of esters is 1. The SMILES string of the molecule is COC(=O)Cn1ncc2c(NCCc3ccc(O)c(O)c3)ncnc21. The quantitative estimate of drug-likeness (QED) is 0.449. The van der Waals surface area contributed by atoms with Crippen molar-refractivity contribution < 1.29 is 19.7 Å². The van der Waals surface area contributed by atoms with Gasteiger partial charge in [-0.3, -0.25) is 4.79 Å². The van der Waals surface area contributed by atoms with Crippen molar-refractivity contribution >= 4 is 22.8 Å². The van der Waals surface area contributed by atoms with E-state index in [1.54, 1.807) is 12.3 Å². The number of anilines is 1. The molecule has 9 heteroatoms. The maximum atomic E-state index is 11.4. The monoisotopic (exact) mass is 343 g/mol. The molecule has 0 unspecified atom stereocenters. The molecular formula is C16H17N5O4. The molecule has 2 heterocycles. The standard InChI is InChI=1S/C16H17N5O4/c1-25-14(24)8-21-16-11(7-20-21)15(18-9-19-16)17-5-4-10-2-3-12(22)13(23)6-10/h2-3,6-7,9,22-23H,4-5,8H2,1H3,(H,17,18,19). The van der Waals surface area contributed by atoms with E-state index in [1.165, 1.54) is 30.3 Å². The zero-order chi connectivity index (χ0) is 17.8. The van der Waals surface area contributed by atoms with Crippen molar-refractivity contribution in [1.82, 2.24) is 19.7 Å². The summed E-state index contributed by atoms with van der Waals surface area (Å²) < 4.78 is 6.09. The summed E-state index contributed by atoms with van der Waals surface area (Å²) in [6, 6.07) is 4.70. The Bertz CT molecular complexity index is 909. The van der Waals surface area contributed by atoms with E-state index in [9.17, 15) is 15.0 Å². The van der Waals surface area contributed by atoms with Gasteiger partial charge in [0.05, 0.1) is 18.7 Å². The number of nitrogens with one attached hydrogen (secondary N) is 1. The van der Waals surface area contributed by atoms with Gasteiger partial charge in [-0.1, -0.05) is 6.07 Å². The summed E-state index contributed by atoms with van der Waals surface area (Å²) in [6.45, 7) is 0.530. The Kier molecular flexibility index (Phi) is 4.64. The van der Waals surface area contributed by atoms with E-state index in [1.807, 2.05) is 0 Å². The lowest BCUT2D eigenvalue weighted by Gasteiger charge is -2.07. The van der Waals surface area contributed by atoms with E-state index in [-0.39, 0.29) is 18.0 Å². The second-order valence-corrected chi connectivity index (χ2v) is 5.34. The Morgan fingerprint density at radius 2 is 2.12 bits per heavy atom. The van der Waals surface area contributed by atoms with Crippen LogP contribution in [0.5, 0.6) is 11.5 Å². The van der Waals surface area contributed by atoms with Gasteiger partial charge in [0.1, 0.15) is 18.7 Å². The first kappa shape index (κ1) is 16.5. The molecule has 3 N–H and O–H groups in total. The summed E-state index contributed by atoms with van der Waals surface area (Å²) in [4.78, 5) is 19.8. The molecule has 0 radical (unpaired) electrons. The second-order valence-electron chi connectivity index (χ2n) is 5.34. The molecule has 130 valence electrons. The van der Waals surface area contributed by atoms with Crippen molar-refractivity contribution in [3.8, 4) is 11.5 Å². The number of fused-ring (bicyclic) bond motifs is 1. The highest BCUT2D eigenvalue weighted by atomic mass is 16.5. The van der Waals surface area contributed by atoms with Crippen LogP contribution in [-0.4, -0.2) is 49.6 Å². The smallest absolute Gasteiger partial charge is 0.327 e. The number of rotatable bonds is 6. The van der Waals surface area contributed by atoms with Crippen LogP contribution >= 0.6 is 0 Å². The number of ether oxygens (including phenoxy) is 1. The predicted molar refractivity (Wildman–Crippen MR) is 89.3 cm³/mol. The van der Waals surface area contributed by atoms with Gasteiger partial charge in [-0.05, 0) is 24.1 Å². The van der Waals surface area contributed by atoms with Crippen LogP contribution in [0.15, 0.2) is 30.7 Å². The number of carbonyl (C=O) groups excluding carboxylic acids is 1. The minimum absolute atomic E-state index is 0.0246. The Balaban J connectivity index is 1.71. The predicted octanol–water partition coefficient (Wildman–Crippen LogP) is 1.07. The van der Waals surface area contributed by atoms with Crippen LogP contribution in [0.25, 0.3) is 11.0 Å². The number of phenols is 2. The number of hydrogen-bond donors (Lipinski definition) is 3. The lowest BCUT2D eigenvalue weighted by molar-refractivity contribution is -0.141. The van der Waals surface area contributed by atoms with Gasteiger partial charge in [-0.2, -0.15) is 5.10 Å². The van der Waals surface area contributed by atoms with Crippen molar-refractivity contribution in [3.05, 3.63) is 36.3 Å². The highest BCUT2D eigenvalue weighted by Gasteiger charge is 2.12. The third-order valence-electron chi connectivity index (χ3n) is 3.69. The van der Waals surface area contributed by atoms with Crippen molar-refractivity contribution in [3.63, 3.8) is 0 Å². The number of phenolic OH excluding ortho intramolecular Hbond substituents is 2. The van der Waals surface area contributed by atoms with E-state index in [0.717, 1.165) is 5.56 Å². The van der Waals surface area contributed by atoms with Crippen molar-refractivity contribution in [2.24, 2.45) is 0 Å². The Labute approximate surface area is 142 Å². The van der Waals surface area contributed by atoms with Gasteiger partial charge in [-0.25, -0.2) is 14.6 Å². The molecule has 0 aliphatic heterocycles. The topological polar surface area (TPSA) is 122 Å². The number of benzene rings is 1. The summed E-state index contributed by atoms with van der Waals surface area (Å²) in [6.07, 6.45) is 3.61. The lowest BCUT2D eigenvalue weighted by atomic mass is 10.1. The van der Waals surface area contributed by atoms with Gasteiger partial charge in [0.15, 0.2) is 17.1 Å². The molecule has 0 fully saturated rings. The van der Waals surface area contributed by atoms with Crippen LogP contribution in [0.2, 0.25) is 0 Å². The number of aromatic hydroxyl groups is 2. The fourth-order valence-corrected chi connectivity index (χ4v) is 2.39. The van der Waals surface area contributed by atoms with E-state index in [0.29, 0.717) is 29.8 Å². The van der Waals surface area contributed by atoms with Crippen LogP contribution in [0.4, 0.5) is 5.82 Å². The van der Waals surface area contributed by atoms with Gasteiger partial charge >= 0.3 is 5.97 Å². The zero-order valence-corrected chi connectivity index (χ0v) is 13.5. The summed E-state index contributed by atoms with van der Waals surface area (Å²) in [5.74, 6) is -0.104. The lowest BCUT2D eigenvalue weighted by Crippen LogP contribution is -2.13. The van der Waals surface area contributed by atoms with Gasteiger partial charge in [0.2, 0.25) is 0 Å². The molecular weight excluding hydrogens is 326 g/mol. The number of methoxy groups -OCH3 is 1. The molecule has 0 saturated carbocycles. The maximum Gasteiger partial charge on any atom is 0.327 e. The number of aromatic nitrogens is 4. The molecule has 0 aliphatic carbocycles. The van der Waals surface area contributed by atoms with E-state index in [4.69, 9.17) is 0 Å². The molecule has 9 nitrogen and oxygen atoms in total. The van der Waals surface area contributed by atoms with Crippen LogP contribution in [0.3, 0.4) is 0 Å². The molecule has 0 spiro atoms. The largest absolute Gasteiger partial charge is 0.504 e. The van der Waals surface area contributed by atoms with Crippen LogP contribution in [0.1, 0.15) is 5.56 Å². The maximum absolute atomic E-state index is 11.4. The molecule has 0 saturated heterocycles. The third-order valence-corrected chi connectivity index (χ3v) is 3.69. The highest BCUT2D eigenvalue weighted by molar-refractivity contribution is 5.86. The highest BCUT2D eigenvalue weighted by Crippen LogP contribution is 2.25. The fourth-order valence-electron chi connectivity index (χ4n) is 2.39. The molecule has 0 aliphatic rings. The van der Waals surface area contributed by atoms with Gasteiger partial charge in [0.25, 0.3) is 0 Å². The fraction of sp³-hybridized carbons (Fsp3) is 0.250. The molecule has 0 bridgehead atoms. The average Bonchev–Trinajstić information content (AvgIpc) is 3.02. The Hall–Kier alpha value is -3.36. The second kappa shape index (κ2) is 7.04. The van der Waals surface area contributed by atoms with E-state index >= 15 is 0 Å². The van der Waals surface area contributed by atoms with Crippen molar-refractivity contribution in [2.45, 2.75) is 13.0 Å². The van der Waals surface area contributed by atoms with Gasteiger partial charge in [-0.15, -0.1) is 0 Å². The Morgan fingerprint density at radius 1 is 1.28 bits per heavy atom. The molecule has 2 aromatic heterocycles. The number of hydrogen-bond acceptors (Lipinski definition) is 8. The molecule has 3 rings (SSSR count). The third kappa shape index (κ3) is 3.60. The minimum atomic E-state index is -0.412. The van der Waals surface area contributed by atoms with Crippen molar-refractivity contribution in [1.29, 1.82) is 0 Å². The number of carbonyl (C=O) groups is 1. The molecule has 3 aromatic rings. The molecule has 1 aromatic carbocycles. The first-order valence-electron chi connectivity index (χ1n) is 7.56. The Morgan fingerprint density at radius 3 is 2.88 bits per heavy atom. The van der Waals surface area contributed by atoms with Gasteiger partial charge in [0, 0.05) is 6.54 Å². The molecule has 0 amide bonds. The summed E-state index contributed by atoms with van der Waals surface area (Å²) in [5.41, 5.74) is 1.40. The first-order valence-corrected chi connectivity index (χ1v) is 7.56.